The fourth-order valence-electron chi connectivity index (χ4n) is 2.44. The lowest BCUT2D eigenvalue weighted by Crippen LogP contribution is -2.07. The van der Waals surface area contributed by atoms with E-state index in [1.165, 1.54) is 37.8 Å². The molecule has 0 aromatic carbocycles. The van der Waals surface area contributed by atoms with E-state index in [0.29, 0.717) is 5.92 Å². The van der Waals surface area contributed by atoms with Gasteiger partial charge in [-0.2, -0.15) is 0 Å². The Morgan fingerprint density at radius 1 is 1.13 bits per heavy atom. The third-order valence-corrected chi connectivity index (χ3v) is 3.31. The molecule has 0 unspecified atom stereocenters. The Balaban J connectivity index is 1.95. The molecular weight excluding hydrogens is 186 g/mol. The zero-order valence-corrected chi connectivity index (χ0v) is 8.76. The molecule has 0 atom stereocenters. The fourth-order valence-corrected chi connectivity index (χ4v) is 2.44. The lowest BCUT2D eigenvalue weighted by atomic mass is 9.87. The highest BCUT2D eigenvalue weighted by atomic mass is 15.1. The molecule has 3 rings (SSSR count). The number of nitrogens with zero attached hydrogens (tertiary/aromatic N) is 3. The SMILES string of the molecule is c1cn2ccc(C3CCCCC3)nc2n1. The van der Waals surface area contributed by atoms with E-state index in [2.05, 4.69) is 22.2 Å². The predicted octanol–water partition coefficient (Wildman–Crippen LogP) is 2.78. The van der Waals surface area contributed by atoms with E-state index in [4.69, 9.17) is 0 Å². The second-order valence-corrected chi connectivity index (χ2v) is 4.32. The molecule has 1 aliphatic rings. The van der Waals surface area contributed by atoms with E-state index in [0.717, 1.165) is 5.78 Å². The van der Waals surface area contributed by atoms with Crippen LogP contribution in [0.25, 0.3) is 5.78 Å². The second-order valence-electron chi connectivity index (χ2n) is 4.32. The van der Waals surface area contributed by atoms with Crippen molar-refractivity contribution < 1.29 is 0 Å². The van der Waals surface area contributed by atoms with Gasteiger partial charge in [-0.1, -0.05) is 19.3 Å². The van der Waals surface area contributed by atoms with Crippen LogP contribution in [0.2, 0.25) is 0 Å². The Bertz CT molecular complexity index is 455. The molecule has 0 spiro atoms. The summed E-state index contributed by atoms with van der Waals surface area (Å²) in [7, 11) is 0. The Hall–Kier alpha value is -1.38. The molecule has 78 valence electrons. The average Bonchev–Trinajstić information content (AvgIpc) is 2.77. The van der Waals surface area contributed by atoms with Crippen molar-refractivity contribution in [3.63, 3.8) is 0 Å². The average molecular weight is 201 g/mol. The topological polar surface area (TPSA) is 30.2 Å². The van der Waals surface area contributed by atoms with E-state index >= 15 is 0 Å². The van der Waals surface area contributed by atoms with Crippen molar-refractivity contribution in [2.24, 2.45) is 0 Å². The smallest absolute Gasteiger partial charge is 0.233 e. The molecule has 1 fully saturated rings. The van der Waals surface area contributed by atoms with Crippen molar-refractivity contribution in [3.8, 4) is 0 Å². The second kappa shape index (κ2) is 3.65. The molecule has 2 heterocycles. The third kappa shape index (κ3) is 1.62. The molecule has 0 saturated heterocycles. The Morgan fingerprint density at radius 3 is 2.87 bits per heavy atom. The normalized spacial score (nSPS) is 18.4. The summed E-state index contributed by atoms with van der Waals surface area (Å²) in [5, 5.41) is 0. The molecule has 1 aliphatic carbocycles. The minimum Gasteiger partial charge on any atom is -0.291 e. The first-order chi connectivity index (χ1) is 7.43. The van der Waals surface area contributed by atoms with Crippen molar-refractivity contribution in [2.75, 3.05) is 0 Å². The summed E-state index contributed by atoms with van der Waals surface area (Å²) in [6.45, 7) is 0. The molecule has 3 nitrogen and oxygen atoms in total. The highest BCUT2D eigenvalue weighted by Crippen LogP contribution is 2.31. The Morgan fingerprint density at radius 2 is 2.00 bits per heavy atom. The lowest BCUT2D eigenvalue weighted by molar-refractivity contribution is 0.437. The standard InChI is InChI=1S/C12H15N3/c1-2-4-10(5-3-1)11-6-8-15-9-7-13-12(15)14-11/h6-10H,1-5H2. The minimum atomic E-state index is 0.667. The van der Waals surface area contributed by atoms with Gasteiger partial charge in [0.1, 0.15) is 0 Å². The van der Waals surface area contributed by atoms with Crippen LogP contribution in [0.15, 0.2) is 24.7 Å². The molecule has 0 amide bonds. The summed E-state index contributed by atoms with van der Waals surface area (Å²) >= 11 is 0. The van der Waals surface area contributed by atoms with E-state index in [-0.39, 0.29) is 0 Å². The molecule has 3 heteroatoms. The van der Waals surface area contributed by atoms with Crippen molar-refractivity contribution in [3.05, 3.63) is 30.4 Å². The minimum absolute atomic E-state index is 0.667. The highest BCUT2D eigenvalue weighted by molar-refractivity contribution is 5.29. The van der Waals surface area contributed by atoms with Gasteiger partial charge in [-0.3, -0.25) is 4.40 Å². The predicted molar refractivity (Wildman–Crippen MR) is 58.8 cm³/mol. The molecule has 2 aromatic rings. The van der Waals surface area contributed by atoms with Gasteiger partial charge in [-0.25, -0.2) is 9.97 Å². The van der Waals surface area contributed by atoms with E-state index in [1.54, 1.807) is 6.20 Å². The largest absolute Gasteiger partial charge is 0.291 e. The molecule has 0 aliphatic heterocycles. The first-order valence-electron chi connectivity index (χ1n) is 5.73. The van der Waals surface area contributed by atoms with Gasteiger partial charge < -0.3 is 0 Å². The summed E-state index contributed by atoms with van der Waals surface area (Å²) in [5.41, 5.74) is 1.23. The first kappa shape index (κ1) is 8.89. The van der Waals surface area contributed by atoms with Gasteiger partial charge in [-0.05, 0) is 18.9 Å². The highest BCUT2D eigenvalue weighted by Gasteiger charge is 2.16. The van der Waals surface area contributed by atoms with Crippen LogP contribution < -0.4 is 0 Å². The van der Waals surface area contributed by atoms with Gasteiger partial charge >= 0.3 is 0 Å². The van der Waals surface area contributed by atoms with E-state index in [9.17, 15) is 0 Å². The van der Waals surface area contributed by atoms with Gasteiger partial charge in [0, 0.05) is 30.2 Å². The zero-order chi connectivity index (χ0) is 10.1. The Labute approximate surface area is 89.2 Å². The summed E-state index contributed by atoms with van der Waals surface area (Å²) in [6.07, 6.45) is 12.5. The van der Waals surface area contributed by atoms with Crippen LogP contribution in [-0.2, 0) is 0 Å². The van der Waals surface area contributed by atoms with Gasteiger partial charge in [0.15, 0.2) is 0 Å². The van der Waals surface area contributed by atoms with Crippen LogP contribution in [0, 0.1) is 0 Å². The number of hydrogen-bond donors (Lipinski definition) is 0. The van der Waals surface area contributed by atoms with Crippen LogP contribution in [0.5, 0.6) is 0 Å². The monoisotopic (exact) mass is 201 g/mol. The fraction of sp³-hybridized carbons (Fsp3) is 0.500. The van der Waals surface area contributed by atoms with E-state index in [1.807, 2.05) is 10.6 Å². The van der Waals surface area contributed by atoms with E-state index < -0.39 is 0 Å². The van der Waals surface area contributed by atoms with Crippen molar-refractivity contribution in [1.29, 1.82) is 0 Å². The van der Waals surface area contributed by atoms with Crippen LogP contribution in [0.4, 0.5) is 0 Å². The van der Waals surface area contributed by atoms with Gasteiger partial charge in [0.05, 0.1) is 0 Å². The number of imidazole rings is 1. The van der Waals surface area contributed by atoms with Crippen LogP contribution in [-0.4, -0.2) is 14.4 Å². The number of rotatable bonds is 1. The van der Waals surface area contributed by atoms with Crippen LogP contribution >= 0.6 is 0 Å². The molecule has 15 heavy (non-hydrogen) atoms. The summed E-state index contributed by atoms with van der Waals surface area (Å²) in [4.78, 5) is 8.84. The van der Waals surface area contributed by atoms with Gasteiger partial charge in [0.25, 0.3) is 0 Å². The molecule has 0 bridgehead atoms. The molecular formula is C12H15N3. The third-order valence-electron chi connectivity index (χ3n) is 3.31. The van der Waals surface area contributed by atoms with Crippen molar-refractivity contribution in [2.45, 2.75) is 38.0 Å². The number of fused-ring (bicyclic) bond motifs is 1. The Kier molecular flexibility index (Phi) is 2.16. The summed E-state index contributed by atoms with van der Waals surface area (Å²) in [5.74, 6) is 1.50. The molecule has 0 radical (unpaired) electrons. The maximum absolute atomic E-state index is 4.61. The quantitative estimate of drug-likeness (QED) is 0.710. The van der Waals surface area contributed by atoms with Crippen molar-refractivity contribution in [1.82, 2.24) is 14.4 Å². The van der Waals surface area contributed by atoms with Gasteiger partial charge in [-0.15, -0.1) is 0 Å². The van der Waals surface area contributed by atoms with Gasteiger partial charge in [0.2, 0.25) is 5.78 Å². The van der Waals surface area contributed by atoms with Crippen LogP contribution in [0.1, 0.15) is 43.7 Å². The molecule has 0 N–H and O–H groups in total. The zero-order valence-electron chi connectivity index (χ0n) is 8.76. The van der Waals surface area contributed by atoms with Crippen LogP contribution in [0.3, 0.4) is 0 Å². The summed E-state index contributed by atoms with van der Waals surface area (Å²) in [6, 6.07) is 2.14. The van der Waals surface area contributed by atoms with Crippen molar-refractivity contribution >= 4 is 5.78 Å². The lowest BCUT2D eigenvalue weighted by Gasteiger charge is -2.20. The molecule has 2 aromatic heterocycles. The number of hydrogen-bond acceptors (Lipinski definition) is 2. The molecule has 1 saturated carbocycles. The number of aromatic nitrogens is 3. The first-order valence-corrected chi connectivity index (χ1v) is 5.73. The summed E-state index contributed by atoms with van der Waals surface area (Å²) < 4.78 is 1.96. The maximum Gasteiger partial charge on any atom is 0.233 e. The maximum atomic E-state index is 4.61.